The van der Waals surface area contributed by atoms with E-state index in [1.807, 2.05) is 13.8 Å². The van der Waals surface area contributed by atoms with Crippen molar-refractivity contribution < 1.29 is 26.5 Å². The molecule has 0 radical (unpaired) electrons. The molecule has 172 valence electrons. The van der Waals surface area contributed by atoms with Crippen molar-refractivity contribution in [2.45, 2.75) is 36.6 Å². The lowest BCUT2D eigenvalue weighted by Gasteiger charge is -2.14. The van der Waals surface area contributed by atoms with E-state index in [2.05, 4.69) is 16.0 Å². The Balaban J connectivity index is 2.42. The molecule has 32 heavy (non-hydrogen) atoms. The first-order chi connectivity index (χ1) is 14.9. The highest BCUT2D eigenvalue weighted by atomic mass is 32.2. The van der Waals surface area contributed by atoms with E-state index in [1.165, 1.54) is 49.4 Å². The zero-order valence-corrected chi connectivity index (χ0v) is 19.9. The maximum atomic E-state index is 11.9. The van der Waals surface area contributed by atoms with Crippen molar-refractivity contribution in [3.8, 4) is 0 Å². The summed E-state index contributed by atoms with van der Waals surface area (Å²) in [5, 5.41) is 8.62. The lowest BCUT2D eigenvalue weighted by molar-refractivity contribution is -0.114. The maximum absolute atomic E-state index is 11.9. The van der Waals surface area contributed by atoms with Crippen molar-refractivity contribution in [2.75, 3.05) is 10.6 Å². The van der Waals surface area contributed by atoms with Crippen LogP contribution in [0.4, 0.5) is 11.4 Å². The second-order valence-corrected chi connectivity index (χ2v) is 9.73. The Labute approximate surface area is 194 Å². The van der Waals surface area contributed by atoms with Gasteiger partial charge in [-0.1, -0.05) is 24.3 Å². The SMILES string of the molecule is CC(=O)Nc1ccc(/C=C/c2ccc(NC(=S)NC(C)C)cc2S(=O)(=O)O)c(S(=O)O)c1. The minimum atomic E-state index is -4.58. The van der Waals surface area contributed by atoms with Gasteiger partial charge in [0, 0.05) is 24.3 Å². The van der Waals surface area contributed by atoms with Gasteiger partial charge in [0.25, 0.3) is 10.1 Å². The van der Waals surface area contributed by atoms with Gasteiger partial charge in [-0.15, -0.1) is 0 Å². The van der Waals surface area contributed by atoms with Gasteiger partial charge in [0.05, 0.1) is 4.90 Å². The zero-order valence-electron chi connectivity index (χ0n) is 17.4. The predicted molar refractivity (Wildman–Crippen MR) is 129 cm³/mol. The number of benzene rings is 2. The van der Waals surface area contributed by atoms with E-state index in [1.54, 1.807) is 6.07 Å². The molecule has 0 saturated carbocycles. The highest BCUT2D eigenvalue weighted by molar-refractivity contribution is 7.86. The fraction of sp³-hybridized carbons (Fsp3) is 0.200. The van der Waals surface area contributed by atoms with Crippen molar-refractivity contribution in [3.05, 3.63) is 47.5 Å². The van der Waals surface area contributed by atoms with Crippen molar-refractivity contribution in [1.29, 1.82) is 0 Å². The summed E-state index contributed by atoms with van der Waals surface area (Å²) in [6.07, 6.45) is 2.82. The Morgan fingerprint density at radius 3 is 2.16 bits per heavy atom. The number of amides is 1. The first kappa shape index (κ1) is 25.6. The minimum Gasteiger partial charge on any atom is -0.360 e. The molecule has 0 spiro atoms. The van der Waals surface area contributed by atoms with Crippen LogP contribution in [0.2, 0.25) is 0 Å². The van der Waals surface area contributed by atoms with Crippen molar-refractivity contribution in [3.63, 3.8) is 0 Å². The lowest BCUT2D eigenvalue weighted by atomic mass is 10.1. The molecule has 0 bridgehead atoms. The van der Waals surface area contributed by atoms with E-state index >= 15 is 0 Å². The third-order valence-corrected chi connectivity index (χ3v) is 5.79. The highest BCUT2D eigenvalue weighted by Crippen LogP contribution is 2.25. The lowest BCUT2D eigenvalue weighted by Crippen LogP contribution is -2.33. The van der Waals surface area contributed by atoms with E-state index in [4.69, 9.17) is 12.2 Å². The second kappa shape index (κ2) is 10.8. The van der Waals surface area contributed by atoms with Crippen molar-refractivity contribution >= 4 is 68.0 Å². The van der Waals surface area contributed by atoms with Gasteiger partial charge < -0.3 is 20.5 Å². The second-order valence-electron chi connectivity index (χ2n) is 7.00. The summed E-state index contributed by atoms with van der Waals surface area (Å²) < 4.78 is 54.8. The third kappa shape index (κ3) is 7.50. The Hall–Kier alpha value is -2.64. The van der Waals surface area contributed by atoms with Crippen molar-refractivity contribution in [1.82, 2.24) is 5.32 Å². The molecule has 1 atom stereocenters. The number of nitrogens with one attached hydrogen (secondary N) is 3. The smallest absolute Gasteiger partial charge is 0.295 e. The van der Waals surface area contributed by atoms with Gasteiger partial charge in [-0.3, -0.25) is 9.35 Å². The summed E-state index contributed by atoms with van der Waals surface area (Å²) >= 11 is 2.78. The summed E-state index contributed by atoms with van der Waals surface area (Å²) in [4.78, 5) is 10.9. The Morgan fingerprint density at radius 1 is 1.06 bits per heavy atom. The summed E-state index contributed by atoms with van der Waals surface area (Å²) in [5.41, 5.74) is 1.17. The molecule has 0 aliphatic carbocycles. The molecule has 0 aliphatic rings. The van der Waals surface area contributed by atoms with Gasteiger partial charge in [0.1, 0.15) is 4.90 Å². The number of anilines is 2. The number of hydrogen-bond acceptors (Lipinski definition) is 5. The van der Waals surface area contributed by atoms with E-state index in [9.17, 15) is 26.5 Å². The number of hydrogen-bond donors (Lipinski definition) is 5. The Kier molecular flexibility index (Phi) is 8.64. The predicted octanol–water partition coefficient (Wildman–Crippen LogP) is 3.34. The van der Waals surface area contributed by atoms with Crippen LogP contribution in [-0.2, 0) is 26.0 Å². The number of rotatable bonds is 7. The van der Waals surface area contributed by atoms with Gasteiger partial charge in [0.2, 0.25) is 5.91 Å². The van der Waals surface area contributed by atoms with Gasteiger partial charge in [-0.05, 0) is 61.5 Å². The van der Waals surface area contributed by atoms with Crippen LogP contribution in [0.1, 0.15) is 31.9 Å². The molecule has 0 fully saturated rings. The molecular formula is C20H23N3O6S3. The average Bonchev–Trinajstić information content (AvgIpc) is 2.65. The van der Waals surface area contributed by atoms with Gasteiger partial charge in [-0.2, -0.15) is 8.42 Å². The molecule has 0 saturated heterocycles. The molecule has 12 heteroatoms. The van der Waals surface area contributed by atoms with Crippen molar-refractivity contribution in [2.24, 2.45) is 0 Å². The molecule has 2 rings (SSSR count). The Bertz CT molecular complexity index is 1190. The normalized spacial score (nSPS) is 12.6. The molecule has 1 amide bonds. The minimum absolute atomic E-state index is 0.0179. The molecule has 1 unspecified atom stereocenters. The van der Waals surface area contributed by atoms with Gasteiger partial charge in [-0.25, -0.2) is 4.21 Å². The monoisotopic (exact) mass is 497 g/mol. The molecule has 0 heterocycles. The molecular weight excluding hydrogens is 474 g/mol. The van der Waals surface area contributed by atoms with Crippen LogP contribution in [0, 0.1) is 0 Å². The Morgan fingerprint density at radius 2 is 1.62 bits per heavy atom. The fourth-order valence-corrected chi connectivity index (χ4v) is 4.32. The largest absolute Gasteiger partial charge is 0.360 e. The quantitative estimate of drug-likeness (QED) is 0.168. The average molecular weight is 498 g/mol. The molecule has 5 N–H and O–H groups in total. The zero-order chi connectivity index (χ0) is 24.1. The molecule has 0 aliphatic heterocycles. The highest BCUT2D eigenvalue weighted by Gasteiger charge is 2.16. The molecule has 2 aromatic carbocycles. The van der Waals surface area contributed by atoms with E-state index in [0.29, 0.717) is 22.1 Å². The van der Waals surface area contributed by atoms with Crippen LogP contribution in [-0.4, -0.2) is 38.8 Å². The standard InChI is InChI=1S/C20H23N3O6S3/c1-12(2)21-20(30)23-17-9-7-15(19(11-17)32(27,28)29)5-4-14-6-8-16(22-13(3)24)10-18(14)31(25)26/h4-12H,1-3H3,(H,22,24)(H,25,26)(H2,21,23,30)(H,27,28,29)/b5-4+. The third-order valence-electron chi connectivity index (χ3n) is 3.93. The molecule has 2 aromatic rings. The molecule has 9 nitrogen and oxygen atoms in total. The maximum Gasteiger partial charge on any atom is 0.295 e. The molecule has 0 aromatic heterocycles. The first-order valence-electron chi connectivity index (χ1n) is 9.26. The van der Waals surface area contributed by atoms with Crippen LogP contribution < -0.4 is 16.0 Å². The topological polar surface area (TPSA) is 145 Å². The van der Waals surface area contributed by atoms with E-state index < -0.39 is 21.2 Å². The summed E-state index contributed by atoms with van der Waals surface area (Å²) in [6.45, 7) is 5.09. The van der Waals surface area contributed by atoms with Gasteiger partial charge in [0.15, 0.2) is 16.2 Å². The number of thiocarbonyl (C=S) groups is 1. The van der Waals surface area contributed by atoms with Crippen LogP contribution in [0.25, 0.3) is 12.2 Å². The van der Waals surface area contributed by atoms with Crippen LogP contribution in [0.3, 0.4) is 0 Å². The number of carbonyl (C=O) groups excluding carboxylic acids is 1. The van der Waals surface area contributed by atoms with Crippen LogP contribution in [0.5, 0.6) is 0 Å². The van der Waals surface area contributed by atoms with Crippen LogP contribution in [0.15, 0.2) is 46.2 Å². The number of carbonyl (C=O) groups is 1. The first-order valence-corrected chi connectivity index (χ1v) is 12.2. The summed E-state index contributed by atoms with van der Waals surface area (Å²) in [7, 11) is -4.58. The van der Waals surface area contributed by atoms with E-state index in [-0.39, 0.29) is 27.3 Å². The fourth-order valence-electron chi connectivity index (χ4n) is 2.69. The van der Waals surface area contributed by atoms with Gasteiger partial charge >= 0.3 is 0 Å². The summed E-state index contributed by atoms with van der Waals surface area (Å²) in [5.74, 6) is -0.336. The summed E-state index contributed by atoms with van der Waals surface area (Å²) in [6, 6.07) is 8.72. The van der Waals surface area contributed by atoms with E-state index in [0.717, 1.165) is 0 Å². The van der Waals surface area contributed by atoms with Crippen LogP contribution >= 0.6 is 12.2 Å².